The lowest BCUT2D eigenvalue weighted by atomic mass is 9.94. The summed E-state index contributed by atoms with van der Waals surface area (Å²) in [6.07, 6.45) is -1.08. The Kier molecular flexibility index (Phi) is 5.10. The van der Waals surface area contributed by atoms with Gasteiger partial charge in [0.15, 0.2) is 6.29 Å². The van der Waals surface area contributed by atoms with Crippen molar-refractivity contribution >= 4 is 0 Å². The fourth-order valence-corrected chi connectivity index (χ4v) is 3.98. The van der Waals surface area contributed by atoms with Gasteiger partial charge in [-0.25, -0.2) is 0 Å². The fourth-order valence-electron chi connectivity index (χ4n) is 3.98. The molecule has 8 nitrogen and oxygen atoms in total. The van der Waals surface area contributed by atoms with E-state index in [2.05, 4.69) is 22.2 Å². The Bertz CT molecular complexity index is 574. The first-order valence-electron chi connectivity index (χ1n) is 8.95. The normalized spacial score (nSPS) is 36.8. The standard InChI is InChI=1S/C17H27N3O5/c1-19-4-6-20(7-5-19)15-16(22)14(13-10-23-17(15)25-13)18-8-11-2-3-12(9-21)24-11/h2-3,13-18,21-22H,4-10H2,1H3/t13-,14+,15-,16-,17+/m0/s1. The fraction of sp³-hybridized carbons (Fsp3) is 0.765. The molecule has 1 aromatic rings. The molecular weight excluding hydrogens is 326 g/mol. The van der Waals surface area contributed by atoms with Crippen molar-refractivity contribution in [3.8, 4) is 0 Å². The first-order chi connectivity index (χ1) is 12.2. The second kappa shape index (κ2) is 7.32. The lowest BCUT2D eigenvalue weighted by Gasteiger charge is -2.46. The van der Waals surface area contributed by atoms with Crippen LogP contribution in [0.2, 0.25) is 0 Å². The molecule has 2 bridgehead atoms. The molecule has 0 radical (unpaired) electrons. The van der Waals surface area contributed by atoms with Crippen LogP contribution in [-0.4, -0.2) is 90.4 Å². The third kappa shape index (κ3) is 3.48. The number of hydrogen-bond donors (Lipinski definition) is 3. The van der Waals surface area contributed by atoms with Crippen LogP contribution in [0.5, 0.6) is 0 Å². The zero-order valence-electron chi connectivity index (χ0n) is 14.5. The Balaban J connectivity index is 1.42. The van der Waals surface area contributed by atoms with Crippen LogP contribution < -0.4 is 5.32 Å². The van der Waals surface area contributed by atoms with Gasteiger partial charge in [-0.2, -0.15) is 0 Å². The Morgan fingerprint density at radius 1 is 1.20 bits per heavy atom. The highest BCUT2D eigenvalue weighted by atomic mass is 16.7. The van der Waals surface area contributed by atoms with Gasteiger partial charge in [0, 0.05) is 26.2 Å². The molecule has 4 rings (SSSR count). The highest BCUT2D eigenvalue weighted by Crippen LogP contribution is 2.32. The van der Waals surface area contributed by atoms with Gasteiger partial charge in [-0.15, -0.1) is 0 Å². The van der Waals surface area contributed by atoms with Crippen molar-refractivity contribution in [1.82, 2.24) is 15.1 Å². The van der Waals surface area contributed by atoms with Crippen molar-refractivity contribution in [2.75, 3.05) is 39.8 Å². The molecule has 0 unspecified atom stereocenters. The van der Waals surface area contributed by atoms with E-state index in [-0.39, 0.29) is 31.1 Å². The number of nitrogens with zero attached hydrogens (tertiary/aromatic N) is 2. The summed E-state index contributed by atoms with van der Waals surface area (Å²) in [5.41, 5.74) is 0. The molecule has 0 aliphatic carbocycles. The predicted octanol–water partition coefficient (Wildman–Crippen LogP) is -1.04. The molecular formula is C17H27N3O5. The Labute approximate surface area is 147 Å². The number of fused-ring (bicyclic) bond motifs is 2. The average molecular weight is 353 g/mol. The van der Waals surface area contributed by atoms with Crippen LogP contribution in [-0.2, 0) is 22.6 Å². The molecule has 4 heterocycles. The maximum absolute atomic E-state index is 11.0. The molecule has 1 aromatic heterocycles. The van der Waals surface area contributed by atoms with E-state index in [4.69, 9.17) is 19.0 Å². The van der Waals surface area contributed by atoms with Gasteiger partial charge in [-0.05, 0) is 19.2 Å². The van der Waals surface area contributed by atoms with Gasteiger partial charge in [0.25, 0.3) is 0 Å². The summed E-state index contributed by atoms with van der Waals surface area (Å²) < 4.78 is 17.3. The van der Waals surface area contributed by atoms with E-state index in [1.807, 2.05) is 6.07 Å². The van der Waals surface area contributed by atoms with Crippen LogP contribution in [0.1, 0.15) is 11.5 Å². The van der Waals surface area contributed by atoms with Crippen molar-refractivity contribution in [3.63, 3.8) is 0 Å². The molecule has 3 saturated heterocycles. The summed E-state index contributed by atoms with van der Waals surface area (Å²) in [6, 6.07) is 3.22. The molecule has 8 heteroatoms. The maximum Gasteiger partial charge on any atom is 0.176 e. The van der Waals surface area contributed by atoms with E-state index < -0.39 is 6.10 Å². The Morgan fingerprint density at radius 3 is 2.68 bits per heavy atom. The van der Waals surface area contributed by atoms with Gasteiger partial charge in [0.05, 0.1) is 31.3 Å². The number of likely N-dealkylation sites (N-methyl/N-ethyl adjacent to an activating group) is 1. The molecule has 0 spiro atoms. The second-order valence-corrected chi connectivity index (χ2v) is 7.13. The number of aliphatic hydroxyl groups is 2. The first-order valence-corrected chi connectivity index (χ1v) is 8.95. The maximum atomic E-state index is 11.0. The average Bonchev–Trinajstić information content (AvgIpc) is 3.24. The van der Waals surface area contributed by atoms with E-state index >= 15 is 0 Å². The molecule has 0 amide bonds. The largest absolute Gasteiger partial charge is 0.462 e. The van der Waals surface area contributed by atoms with Crippen LogP contribution in [0.4, 0.5) is 0 Å². The lowest BCUT2D eigenvalue weighted by Crippen LogP contribution is -2.66. The number of nitrogens with one attached hydrogen (secondary N) is 1. The number of rotatable bonds is 5. The molecule has 0 aromatic carbocycles. The molecule has 140 valence electrons. The van der Waals surface area contributed by atoms with Crippen molar-refractivity contribution in [2.24, 2.45) is 0 Å². The second-order valence-electron chi connectivity index (χ2n) is 7.13. The van der Waals surface area contributed by atoms with Gasteiger partial charge in [-0.3, -0.25) is 4.90 Å². The third-order valence-electron chi connectivity index (χ3n) is 5.48. The van der Waals surface area contributed by atoms with Crippen LogP contribution in [0.3, 0.4) is 0 Å². The van der Waals surface area contributed by atoms with Crippen LogP contribution in [0, 0.1) is 0 Å². The number of aliphatic hydroxyl groups excluding tert-OH is 2. The minimum absolute atomic E-state index is 0.112. The predicted molar refractivity (Wildman–Crippen MR) is 88.7 cm³/mol. The molecule has 0 saturated carbocycles. The minimum atomic E-state index is -0.568. The summed E-state index contributed by atoms with van der Waals surface area (Å²) in [5.74, 6) is 1.27. The smallest absolute Gasteiger partial charge is 0.176 e. The molecule has 5 atom stereocenters. The summed E-state index contributed by atoms with van der Waals surface area (Å²) in [4.78, 5) is 4.57. The zero-order valence-corrected chi connectivity index (χ0v) is 14.5. The topological polar surface area (TPSA) is 90.6 Å². The number of furan rings is 1. The molecule has 3 aliphatic rings. The minimum Gasteiger partial charge on any atom is -0.462 e. The van der Waals surface area contributed by atoms with E-state index in [1.54, 1.807) is 6.07 Å². The van der Waals surface area contributed by atoms with Crippen molar-refractivity contribution in [2.45, 2.75) is 43.7 Å². The van der Waals surface area contributed by atoms with Crippen LogP contribution in [0.15, 0.2) is 16.5 Å². The molecule has 3 N–H and O–H groups in total. The number of hydrogen-bond acceptors (Lipinski definition) is 8. The van der Waals surface area contributed by atoms with E-state index in [0.717, 1.165) is 31.9 Å². The van der Waals surface area contributed by atoms with Gasteiger partial charge in [-0.1, -0.05) is 0 Å². The quantitative estimate of drug-likeness (QED) is 0.619. The van der Waals surface area contributed by atoms with E-state index in [1.165, 1.54) is 0 Å². The van der Waals surface area contributed by atoms with E-state index in [9.17, 15) is 5.11 Å². The Morgan fingerprint density at radius 2 is 1.96 bits per heavy atom. The summed E-state index contributed by atoms with van der Waals surface area (Å²) in [5, 5.41) is 23.5. The van der Waals surface area contributed by atoms with Crippen molar-refractivity contribution in [3.05, 3.63) is 23.7 Å². The Hall–Kier alpha value is -1.00. The zero-order chi connectivity index (χ0) is 17.4. The first kappa shape index (κ1) is 17.4. The summed E-state index contributed by atoms with van der Waals surface area (Å²) in [7, 11) is 2.11. The van der Waals surface area contributed by atoms with Crippen molar-refractivity contribution in [1.29, 1.82) is 0 Å². The molecule has 25 heavy (non-hydrogen) atoms. The summed E-state index contributed by atoms with van der Waals surface area (Å²) >= 11 is 0. The van der Waals surface area contributed by atoms with Gasteiger partial charge >= 0.3 is 0 Å². The van der Waals surface area contributed by atoms with E-state index in [0.29, 0.717) is 18.9 Å². The highest BCUT2D eigenvalue weighted by molar-refractivity contribution is 5.08. The van der Waals surface area contributed by atoms with Crippen LogP contribution in [0.25, 0.3) is 0 Å². The highest BCUT2D eigenvalue weighted by Gasteiger charge is 2.52. The SMILES string of the molecule is CN1CCN([C@@H]2[C@@H]3OC[C@H](O3)[C@@H](NCc3ccc(CO)o3)[C@@H]2O)CC1. The molecule has 3 fully saturated rings. The van der Waals surface area contributed by atoms with Crippen molar-refractivity contribution < 1.29 is 24.1 Å². The lowest BCUT2D eigenvalue weighted by molar-refractivity contribution is -0.186. The van der Waals surface area contributed by atoms with Gasteiger partial charge in [0.2, 0.25) is 0 Å². The number of ether oxygens (including phenoxy) is 2. The van der Waals surface area contributed by atoms with Gasteiger partial charge < -0.3 is 34.3 Å². The number of piperazine rings is 1. The monoisotopic (exact) mass is 353 g/mol. The summed E-state index contributed by atoms with van der Waals surface area (Å²) in [6.45, 7) is 4.61. The third-order valence-corrected chi connectivity index (χ3v) is 5.48. The van der Waals surface area contributed by atoms with Crippen LogP contribution >= 0.6 is 0 Å². The van der Waals surface area contributed by atoms with Gasteiger partial charge in [0.1, 0.15) is 24.2 Å². The molecule has 3 aliphatic heterocycles.